The Morgan fingerprint density at radius 3 is 2.86 bits per heavy atom. The van der Waals surface area contributed by atoms with E-state index in [2.05, 4.69) is 24.5 Å². The van der Waals surface area contributed by atoms with Crippen LogP contribution < -0.4 is 10.6 Å². The SMILES string of the molecule is CC(C)C1(C(=O)NCc2cccc([N+](=O)[O-])c2)CCNC1. The average molecular weight is 291 g/mol. The molecular weight excluding hydrogens is 270 g/mol. The molecule has 2 rings (SSSR count). The zero-order valence-corrected chi connectivity index (χ0v) is 12.4. The number of hydrogen-bond donors (Lipinski definition) is 2. The maximum absolute atomic E-state index is 12.5. The van der Waals surface area contributed by atoms with Crippen LogP contribution in [0, 0.1) is 21.4 Å². The van der Waals surface area contributed by atoms with Gasteiger partial charge in [-0.3, -0.25) is 14.9 Å². The van der Waals surface area contributed by atoms with Crippen molar-refractivity contribution < 1.29 is 9.72 Å². The van der Waals surface area contributed by atoms with E-state index in [1.807, 2.05) is 0 Å². The van der Waals surface area contributed by atoms with E-state index in [9.17, 15) is 14.9 Å². The largest absolute Gasteiger partial charge is 0.351 e. The molecule has 1 saturated heterocycles. The maximum Gasteiger partial charge on any atom is 0.269 e. The number of carbonyl (C=O) groups is 1. The van der Waals surface area contributed by atoms with Gasteiger partial charge in [-0.1, -0.05) is 26.0 Å². The summed E-state index contributed by atoms with van der Waals surface area (Å²) in [6.07, 6.45) is 0.825. The lowest BCUT2D eigenvalue weighted by atomic mass is 9.75. The lowest BCUT2D eigenvalue weighted by Crippen LogP contribution is -2.45. The standard InChI is InChI=1S/C15H21N3O3/c1-11(2)15(6-7-16-10-15)14(19)17-9-12-4-3-5-13(8-12)18(20)21/h3-5,8,11,16H,6-7,9-10H2,1-2H3,(H,17,19). The fourth-order valence-electron chi connectivity index (χ4n) is 2.80. The molecule has 1 aliphatic rings. The van der Waals surface area contributed by atoms with Crippen molar-refractivity contribution in [2.24, 2.45) is 11.3 Å². The monoisotopic (exact) mass is 291 g/mol. The van der Waals surface area contributed by atoms with Crippen LogP contribution in [0.2, 0.25) is 0 Å². The Kier molecular flexibility index (Phi) is 4.57. The number of benzene rings is 1. The minimum atomic E-state index is -0.429. The van der Waals surface area contributed by atoms with Gasteiger partial charge in [0.05, 0.1) is 10.3 Å². The van der Waals surface area contributed by atoms with Crippen LogP contribution in [0.1, 0.15) is 25.8 Å². The van der Waals surface area contributed by atoms with Gasteiger partial charge >= 0.3 is 0 Å². The van der Waals surface area contributed by atoms with Gasteiger partial charge in [0, 0.05) is 25.2 Å². The van der Waals surface area contributed by atoms with E-state index in [1.165, 1.54) is 12.1 Å². The molecule has 1 amide bonds. The highest BCUT2D eigenvalue weighted by atomic mass is 16.6. The molecule has 1 heterocycles. The summed E-state index contributed by atoms with van der Waals surface area (Å²) < 4.78 is 0. The second kappa shape index (κ2) is 6.22. The summed E-state index contributed by atoms with van der Waals surface area (Å²) in [6, 6.07) is 6.36. The van der Waals surface area contributed by atoms with Crippen LogP contribution in [0.15, 0.2) is 24.3 Å². The number of rotatable bonds is 5. The molecule has 0 saturated carbocycles. The zero-order chi connectivity index (χ0) is 15.5. The van der Waals surface area contributed by atoms with Gasteiger partial charge in [-0.15, -0.1) is 0 Å². The molecule has 0 spiro atoms. The molecule has 6 heteroatoms. The summed E-state index contributed by atoms with van der Waals surface area (Å²) in [5.41, 5.74) is 0.408. The number of nitrogens with zero attached hydrogens (tertiary/aromatic N) is 1. The predicted molar refractivity (Wildman–Crippen MR) is 79.7 cm³/mol. The first-order valence-corrected chi connectivity index (χ1v) is 7.18. The van der Waals surface area contributed by atoms with Crippen molar-refractivity contribution in [2.75, 3.05) is 13.1 Å². The quantitative estimate of drug-likeness (QED) is 0.640. The summed E-state index contributed by atoms with van der Waals surface area (Å²) in [4.78, 5) is 22.8. The van der Waals surface area contributed by atoms with Crippen LogP contribution >= 0.6 is 0 Å². The molecule has 0 aliphatic carbocycles. The van der Waals surface area contributed by atoms with E-state index in [0.717, 1.165) is 18.5 Å². The molecule has 0 aromatic heterocycles. The van der Waals surface area contributed by atoms with Crippen LogP contribution in [0.25, 0.3) is 0 Å². The number of hydrogen-bond acceptors (Lipinski definition) is 4. The Balaban J connectivity index is 2.04. The predicted octanol–water partition coefficient (Wildman–Crippen LogP) is 1.85. The molecule has 0 radical (unpaired) electrons. The molecule has 1 aromatic carbocycles. The van der Waals surface area contributed by atoms with E-state index in [-0.39, 0.29) is 22.9 Å². The average Bonchev–Trinajstić information content (AvgIpc) is 2.96. The molecule has 114 valence electrons. The molecule has 1 unspecified atom stereocenters. The Morgan fingerprint density at radius 2 is 2.29 bits per heavy atom. The fourth-order valence-corrected chi connectivity index (χ4v) is 2.80. The normalized spacial score (nSPS) is 21.5. The first-order chi connectivity index (χ1) is 9.95. The van der Waals surface area contributed by atoms with Gasteiger partial charge in [0.25, 0.3) is 5.69 Å². The third-order valence-electron chi connectivity index (χ3n) is 4.32. The summed E-state index contributed by atoms with van der Waals surface area (Å²) in [6.45, 7) is 5.96. The third-order valence-corrected chi connectivity index (χ3v) is 4.32. The molecule has 21 heavy (non-hydrogen) atoms. The Bertz CT molecular complexity index is 537. The Morgan fingerprint density at radius 1 is 1.52 bits per heavy atom. The number of carbonyl (C=O) groups excluding carboxylic acids is 1. The number of nitrogens with one attached hydrogen (secondary N) is 2. The summed E-state index contributed by atoms with van der Waals surface area (Å²) in [7, 11) is 0. The minimum Gasteiger partial charge on any atom is -0.351 e. The lowest BCUT2D eigenvalue weighted by Gasteiger charge is -2.31. The van der Waals surface area contributed by atoms with Gasteiger partial charge in [-0.25, -0.2) is 0 Å². The topological polar surface area (TPSA) is 84.3 Å². The molecule has 6 nitrogen and oxygen atoms in total. The molecule has 0 bridgehead atoms. The highest BCUT2D eigenvalue weighted by Gasteiger charge is 2.43. The van der Waals surface area contributed by atoms with Crippen molar-refractivity contribution in [1.82, 2.24) is 10.6 Å². The van der Waals surface area contributed by atoms with Crippen molar-refractivity contribution in [3.8, 4) is 0 Å². The second-order valence-corrected chi connectivity index (χ2v) is 5.85. The van der Waals surface area contributed by atoms with Gasteiger partial charge in [-0.2, -0.15) is 0 Å². The summed E-state index contributed by atoms with van der Waals surface area (Å²) >= 11 is 0. The number of non-ortho nitro benzene ring substituents is 1. The number of nitro groups is 1. The van der Waals surface area contributed by atoms with E-state index in [4.69, 9.17) is 0 Å². The maximum atomic E-state index is 12.5. The first-order valence-electron chi connectivity index (χ1n) is 7.18. The molecule has 1 aliphatic heterocycles. The van der Waals surface area contributed by atoms with Gasteiger partial charge in [0.15, 0.2) is 0 Å². The highest BCUT2D eigenvalue weighted by Crippen LogP contribution is 2.34. The highest BCUT2D eigenvalue weighted by molar-refractivity contribution is 5.83. The van der Waals surface area contributed by atoms with Crippen molar-refractivity contribution in [3.05, 3.63) is 39.9 Å². The van der Waals surface area contributed by atoms with Crippen molar-refractivity contribution >= 4 is 11.6 Å². The summed E-state index contributed by atoms with van der Waals surface area (Å²) in [5.74, 6) is 0.270. The van der Waals surface area contributed by atoms with Crippen LogP contribution in [0.4, 0.5) is 5.69 Å². The lowest BCUT2D eigenvalue weighted by molar-refractivity contribution is -0.384. The van der Waals surface area contributed by atoms with Crippen LogP contribution in [-0.4, -0.2) is 23.9 Å². The molecule has 1 atom stereocenters. The molecular formula is C15H21N3O3. The zero-order valence-electron chi connectivity index (χ0n) is 12.4. The van der Waals surface area contributed by atoms with Gasteiger partial charge in [-0.05, 0) is 24.4 Å². The van der Waals surface area contributed by atoms with Crippen molar-refractivity contribution in [2.45, 2.75) is 26.8 Å². The second-order valence-electron chi connectivity index (χ2n) is 5.85. The van der Waals surface area contributed by atoms with Crippen molar-refractivity contribution in [1.29, 1.82) is 0 Å². The Labute approximate surface area is 124 Å². The van der Waals surface area contributed by atoms with E-state index in [1.54, 1.807) is 12.1 Å². The third kappa shape index (κ3) is 3.21. The number of nitro benzene ring substituents is 1. The van der Waals surface area contributed by atoms with E-state index >= 15 is 0 Å². The van der Waals surface area contributed by atoms with Gasteiger partial charge in [0.2, 0.25) is 5.91 Å². The van der Waals surface area contributed by atoms with E-state index < -0.39 is 4.92 Å². The van der Waals surface area contributed by atoms with Crippen molar-refractivity contribution in [3.63, 3.8) is 0 Å². The van der Waals surface area contributed by atoms with Crippen LogP contribution in [0.3, 0.4) is 0 Å². The Hall–Kier alpha value is -1.95. The number of amides is 1. The fraction of sp³-hybridized carbons (Fsp3) is 0.533. The van der Waals surface area contributed by atoms with E-state index in [0.29, 0.717) is 13.1 Å². The van der Waals surface area contributed by atoms with Gasteiger partial charge in [0.1, 0.15) is 0 Å². The minimum absolute atomic E-state index is 0.0222. The van der Waals surface area contributed by atoms with Crippen LogP contribution in [-0.2, 0) is 11.3 Å². The smallest absolute Gasteiger partial charge is 0.269 e. The van der Waals surface area contributed by atoms with Crippen LogP contribution in [0.5, 0.6) is 0 Å². The molecule has 1 aromatic rings. The van der Waals surface area contributed by atoms with Gasteiger partial charge < -0.3 is 10.6 Å². The molecule has 2 N–H and O–H groups in total. The first kappa shape index (κ1) is 15.4. The molecule has 1 fully saturated rings. The summed E-state index contributed by atoms with van der Waals surface area (Å²) in [5, 5.41) is 16.9.